The summed E-state index contributed by atoms with van der Waals surface area (Å²) in [5.41, 5.74) is 1.02. The molecule has 0 bridgehead atoms. The molecule has 1 aromatic rings. The number of benzene rings is 1. The molecular formula is C14H17F2NO2. The van der Waals surface area contributed by atoms with Crippen LogP contribution in [0.1, 0.15) is 30.4 Å². The number of carbonyl (C=O) groups is 1. The van der Waals surface area contributed by atoms with Crippen LogP contribution in [0.5, 0.6) is 0 Å². The second kappa shape index (κ2) is 6.10. The van der Waals surface area contributed by atoms with Crippen LogP contribution in [0.15, 0.2) is 24.3 Å². The summed E-state index contributed by atoms with van der Waals surface area (Å²) in [5.74, 6) is -0.550. The largest absolute Gasteiger partial charge is 0.481 e. The van der Waals surface area contributed by atoms with Crippen molar-refractivity contribution in [1.29, 1.82) is 0 Å². The molecule has 0 radical (unpaired) electrons. The molecule has 1 unspecified atom stereocenters. The van der Waals surface area contributed by atoms with E-state index in [1.165, 1.54) is 12.1 Å². The van der Waals surface area contributed by atoms with Crippen LogP contribution in [0, 0.1) is 5.92 Å². The summed E-state index contributed by atoms with van der Waals surface area (Å²) < 4.78 is 24.8. The van der Waals surface area contributed by atoms with Crippen molar-refractivity contribution in [2.24, 2.45) is 5.92 Å². The van der Waals surface area contributed by atoms with Crippen LogP contribution in [-0.2, 0) is 11.3 Å². The molecule has 0 amide bonds. The summed E-state index contributed by atoms with van der Waals surface area (Å²) in [7, 11) is 0. The molecule has 0 aromatic heterocycles. The summed E-state index contributed by atoms with van der Waals surface area (Å²) in [6.07, 6.45) is -1.33. The maximum Gasteiger partial charge on any atom is 0.303 e. The zero-order chi connectivity index (χ0) is 13.8. The van der Waals surface area contributed by atoms with Crippen molar-refractivity contribution in [3.8, 4) is 0 Å². The first-order valence-corrected chi connectivity index (χ1v) is 6.35. The van der Waals surface area contributed by atoms with Gasteiger partial charge in [0.25, 0.3) is 6.43 Å². The van der Waals surface area contributed by atoms with E-state index < -0.39 is 12.4 Å². The molecule has 1 aliphatic heterocycles. The Morgan fingerprint density at radius 2 is 2.05 bits per heavy atom. The number of carboxylic acids is 1. The Labute approximate surface area is 110 Å². The number of halogens is 2. The summed E-state index contributed by atoms with van der Waals surface area (Å²) in [5, 5.41) is 8.74. The number of rotatable bonds is 5. The van der Waals surface area contributed by atoms with E-state index in [1.54, 1.807) is 12.1 Å². The fourth-order valence-corrected chi connectivity index (χ4v) is 2.50. The minimum atomic E-state index is -2.43. The van der Waals surface area contributed by atoms with E-state index >= 15 is 0 Å². The van der Waals surface area contributed by atoms with Crippen molar-refractivity contribution in [1.82, 2.24) is 4.90 Å². The number of carboxylic acid groups (broad SMARTS) is 1. The van der Waals surface area contributed by atoms with Gasteiger partial charge in [0.15, 0.2) is 0 Å². The summed E-state index contributed by atoms with van der Waals surface area (Å²) in [6.45, 7) is 2.33. The van der Waals surface area contributed by atoms with Gasteiger partial charge in [-0.25, -0.2) is 8.78 Å². The zero-order valence-electron chi connectivity index (χ0n) is 10.6. The molecule has 1 aliphatic rings. The third-order valence-corrected chi connectivity index (χ3v) is 3.47. The standard InChI is InChI=1S/C14H17F2NO2/c15-14(16)12-3-1-10(2-4-12)8-17-6-5-11(9-17)7-13(18)19/h1-4,11,14H,5-9H2,(H,18,19). The van der Waals surface area contributed by atoms with Crippen molar-refractivity contribution < 1.29 is 18.7 Å². The van der Waals surface area contributed by atoms with E-state index in [1.807, 2.05) is 0 Å². The maximum absolute atomic E-state index is 12.4. The van der Waals surface area contributed by atoms with Crippen LogP contribution in [-0.4, -0.2) is 29.1 Å². The quantitative estimate of drug-likeness (QED) is 0.893. The van der Waals surface area contributed by atoms with Crippen LogP contribution in [0.3, 0.4) is 0 Å². The SMILES string of the molecule is O=C(O)CC1CCN(Cc2ccc(C(F)F)cc2)C1. The first kappa shape index (κ1) is 13.9. The van der Waals surface area contributed by atoms with Crippen molar-refractivity contribution in [2.75, 3.05) is 13.1 Å². The molecule has 1 saturated heterocycles. The molecule has 0 spiro atoms. The third-order valence-electron chi connectivity index (χ3n) is 3.47. The highest BCUT2D eigenvalue weighted by Gasteiger charge is 2.24. The lowest BCUT2D eigenvalue weighted by Gasteiger charge is -2.15. The smallest absolute Gasteiger partial charge is 0.303 e. The Hall–Kier alpha value is -1.49. The number of nitrogens with zero attached hydrogens (tertiary/aromatic N) is 1. The maximum atomic E-state index is 12.4. The summed E-state index contributed by atoms with van der Waals surface area (Å²) in [4.78, 5) is 12.8. The van der Waals surface area contributed by atoms with Gasteiger partial charge in [0.05, 0.1) is 0 Å². The number of hydrogen-bond acceptors (Lipinski definition) is 2. The van der Waals surface area contributed by atoms with Gasteiger partial charge in [-0.1, -0.05) is 24.3 Å². The van der Waals surface area contributed by atoms with Crippen molar-refractivity contribution >= 4 is 5.97 Å². The second-order valence-electron chi connectivity index (χ2n) is 5.03. The molecule has 104 valence electrons. The fourth-order valence-electron chi connectivity index (χ4n) is 2.50. The molecule has 1 fully saturated rings. The number of likely N-dealkylation sites (tertiary alicyclic amines) is 1. The van der Waals surface area contributed by atoms with E-state index in [-0.39, 0.29) is 17.9 Å². The number of hydrogen-bond donors (Lipinski definition) is 1. The Bertz CT molecular complexity index is 434. The Morgan fingerprint density at radius 3 is 2.63 bits per heavy atom. The highest BCUT2D eigenvalue weighted by molar-refractivity contribution is 5.67. The van der Waals surface area contributed by atoms with Crippen molar-refractivity contribution in [2.45, 2.75) is 25.8 Å². The lowest BCUT2D eigenvalue weighted by atomic mass is 10.1. The van der Waals surface area contributed by atoms with Gasteiger partial charge in [-0.05, 0) is 24.4 Å². The van der Waals surface area contributed by atoms with Gasteiger partial charge in [-0.3, -0.25) is 9.69 Å². The predicted molar refractivity (Wildman–Crippen MR) is 67.0 cm³/mol. The van der Waals surface area contributed by atoms with Crippen LogP contribution < -0.4 is 0 Å². The first-order chi connectivity index (χ1) is 9.04. The van der Waals surface area contributed by atoms with Gasteiger partial charge in [0.1, 0.15) is 0 Å². The van der Waals surface area contributed by atoms with E-state index in [2.05, 4.69) is 4.90 Å². The van der Waals surface area contributed by atoms with Gasteiger partial charge in [-0.2, -0.15) is 0 Å². The molecule has 0 saturated carbocycles. The Balaban J connectivity index is 1.86. The molecule has 3 nitrogen and oxygen atoms in total. The lowest BCUT2D eigenvalue weighted by Crippen LogP contribution is -2.20. The molecule has 0 aliphatic carbocycles. The summed E-state index contributed by atoms with van der Waals surface area (Å²) >= 11 is 0. The first-order valence-electron chi connectivity index (χ1n) is 6.35. The highest BCUT2D eigenvalue weighted by atomic mass is 19.3. The molecule has 1 N–H and O–H groups in total. The zero-order valence-corrected chi connectivity index (χ0v) is 10.6. The molecule has 1 heterocycles. The van der Waals surface area contributed by atoms with Crippen molar-refractivity contribution in [3.63, 3.8) is 0 Å². The van der Waals surface area contributed by atoms with E-state index in [0.717, 1.165) is 25.1 Å². The van der Waals surface area contributed by atoms with E-state index in [4.69, 9.17) is 5.11 Å². The Morgan fingerprint density at radius 1 is 1.37 bits per heavy atom. The molecule has 1 atom stereocenters. The monoisotopic (exact) mass is 269 g/mol. The average Bonchev–Trinajstić information content (AvgIpc) is 2.76. The predicted octanol–water partition coefficient (Wildman–Crippen LogP) is 2.92. The highest BCUT2D eigenvalue weighted by Crippen LogP contribution is 2.23. The average molecular weight is 269 g/mol. The van der Waals surface area contributed by atoms with Gasteiger partial charge >= 0.3 is 5.97 Å². The molecule has 19 heavy (non-hydrogen) atoms. The third kappa shape index (κ3) is 3.99. The Kier molecular flexibility index (Phi) is 4.47. The van der Waals surface area contributed by atoms with Crippen LogP contribution in [0.2, 0.25) is 0 Å². The number of alkyl halides is 2. The van der Waals surface area contributed by atoms with Gasteiger partial charge in [0, 0.05) is 25.1 Å². The second-order valence-corrected chi connectivity index (χ2v) is 5.03. The van der Waals surface area contributed by atoms with Gasteiger partial charge in [0.2, 0.25) is 0 Å². The summed E-state index contributed by atoms with van der Waals surface area (Å²) in [6, 6.07) is 6.33. The van der Waals surface area contributed by atoms with Crippen LogP contribution >= 0.6 is 0 Å². The van der Waals surface area contributed by atoms with Crippen LogP contribution in [0.25, 0.3) is 0 Å². The minimum absolute atomic E-state index is 0.0360. The van der Waals surface area contributed by atoms with E-state index in [9.17, 15) is 13.6 Å². The lowest BCUT2D eigenvalue weighted by molar-refractivity contribution is -0.138. The molecule has 5 heteroatoms. The number of aliphatic carboxylic acids is 1. The molecule has 1 aromatic carbocycles. The fraction of sp³-hybridized carbons (Fsp3) is 0.500. The topological polar surface area (TPSA) is 40.5 Å². The normalized spacial score (nSPS) is 20.1. The van der Waals surface area contributed by atoms with E-state index in [0.29, 0.717) is 6.54 Å². The van der Waals surface area contributed by atoms with Gasteiger partial charge in [-0.15, -0.1) is 0 Å². The van der Waals surface area contributed by atoms with Gasteiger partial charge < -0.3 is 5.11 Å². The van der Waals surface area contributed by atoms with Crippen molar-refractivity contribution in [3.05, 3.63) is 35.4 Å². The van der Waals surface area contributed by atoms with Crippen LogP contribution in [0.4, 0.5) is 8.78 Å². The minimum Gasteiger partial charge on any atom is -0.481 e. The molecular weight excluding hydrogens is 252 g/mol. The molecule has 2 rings (SSSR count).